The van der Waals surface area contributed by atoms with E-state index in [2.05, 4.69) is 51.8 Å². The van der Waals surface area contributed by atoms with Crippen molar-refractivity contribution in [3.63, 3.8) is 0 Å². The average Bonchev–Trinajstić information content (AvgIpc) is 2.51. The van der Waals surface area contributed by atoms with Gasteiger partial charge in [-0.2, -0.15) is 0 Å². The standard InChI is InChI=1S/C16H19FN4/c1-12-5-7-13(8-6-12)10-20-16(18-2)21-11-15-14(17)4-3-9-19-15/h3-9H,10-11H2,1-2H3,(H2,18,20,21). The number of benzene rings is 1. The number of halogens is 1. The van der Waals surface area contributed by atoms with E-state index >= 15 is 0 Å². The molecule has 1 heterocycles. The molecule has 0 aliphatic heterocycles. The number of pyridine rings is 1. The van der Waals surface area contributed by atoms with Crippen LogP contribution in [0.2, 0.25) is 0 Å². The number of rotatable bonds is 4. The van der Waals surface area contributed by atoms with E-state index < -0.39 is 0 Å². The van der Waals surface area contributed by atoms with Crippen LogP contribution in [0.1, 0.15) is 16.8 Å². The van der Waals surface area contributed by atoms with Crippen LogP contribution < -0.4 is 10.6 Å². The number of aliphatic imine (C=N–C) groups is 1. The lowest BCUT2D eigenvalue weighted by Crippen LogP contribution is -2.36. The van der Waals surface area contributed by atoms with Gasteiger partial charge in [-0.1, -0.05) is 29.8 Å². The lowest BCUT2D eigenvalue weighted by atomic mass is 10.1. The van der Waals surface area contributed by atoms with Crippen molar-refractivity contribution in [1.82, 2.24) is 15.6 Å². The van der Waals surface area contributed by atoms with Crippen LogP contribution in [-0.2, 0) is 13.1 Å². The Hall–Kier alpha value is -2.43. The smallest absolute Gasteiger partial charge is 0.191 e. The van der Waals surface area contributed by atoms with Crippen LogP contribution in [0, 0.1) is 12.7 Å². The largest absolute Gasteiger partial charge is 0.352 e. The van der Waals surface area contributed by atoms with Gasteiger partial charge in [-0.3, -0.25) is 9.98 Å². The van der Waals surface area contributed by atoms with E-state index in [-0.39, 0.29) is 5.82 Å². The van der Waals surface area contributed by atoms with E-state index in [4.69, 9.17) is 0 Å². The first-order valence-corrected chi connectivity index (χ1v) is 6.78. The summed E-state index contributed by atoms with van der Waals surface area (Å²) in [6, 6.07) is 11.2. The molecule has 0 aliphatic rings. The first-order chi connectivity index (χ1) is 10.2. The minimum absolute atomic E-state index is 0.292. The molecule has 0 radical (unpaired) electrons. The Labute approximate surface area is 124 Å². The van der Waals surface area contributed by atoms with Gasteiger partial charge in [0.1, 0.15) is 5.82 Å². The van der Waals surface area contributed by atoms with E-state index in [0.717, 1.165) is 5.56 Å². The van der Waals surface area contributed by atoms with Crippen molar-refractivity contribution in [2.75, 3.05) is 7.05 Å². The van der Waals surface area contributed by atoms with Crippen molar-refractivity contribution in [2.24, 2.45) is 4.99 Å². The number of aryl methyl sites for hydroxylation is 1. The Balaban J connectivity index is 1.86. The number of nitrogens with one attached hydrogen (secondary N) is 2. The van der Waals surface area contributed by atoms with Crippen molar-refractivity contribution in [3.05, 3.63) is 65.2 Å². The van der Waals surface area contributed by atoms with Gasteiger partial charge < -0.3 is 10.6 Å². The van der Waals surface area contributed by atoms with Gasteiger partial charge >= 0.3 is 0 Å². The molecule has 2 N–H and O–H groups in total. The number of guanidine groups is 1. The molecular weight excluding hydrogens is 267 g/mol. The third-order valence-corrected chi connectivity index (χ3v) is 3.06. The Morgan fingerprint density at radius 2 is 1.86 bits per heavy atom. The summed E-state index contributed by atoms with van der Waals surface area (Å²) >= 11 is 0. The predicted molar refractivity (Wildman–Crippen MR) is 82.4 cm³/mol. The summed E-state index contributed by atoms with van der Waals surface area (Å²) in [7, 11) is 1.68. The van der Waals surface area contributed by atoms with Crippen LogP contribution >= 0.6 is 0 Å². The third kappa shape index (κ3) is 4.56. The van der Waals surface area contributed by atoms with Crippen molar-refractivity contribution >= 4 is 5.96 Å². The molecule has 0 fully saturated rings. The maximum absolute atomic E-state index is 13.5. The molecule has 2 rings (SSSR count). The van der Waals surface area contributed by atoms with Crippen LogP contribution in [0.5, 0.6) is 0 Å². The lowest BCUT2D eigenvalue weighted by molar-refractivity contribution is 0.592. The zero-order valence-corrected chi connectivity index (χ0v) is 12.2. The Morgan fingerprint density at radius 3 is 2.52 bits per heavy atom. The van der Waals surface area contributed by atoms with Gasteiger partial charge in [-0.05, 0) is 24.6 Å². The quantitative estimate of drug-likeness (QED) is 0.670. The molecule has 0 spiro atoms. The second-order valence-corrected chi connectivity index (χ2v) is 4.70. The zero-order valence-electron chi connectivity index (χ0n) is 12.2. The summed E-state index contributed by atoms with van der Waals surface area (Å²) in [5, 5.41) is 6.23. The third-order valence-electron chi connectivity index (χ3n) is 3.06. The van der Waals surface area contributed by atoms with Gasteiger partial charge in [-0.15, -0.1) is 0 Å². The Bertz CT molecular complexity index is 608. The highest BCUT2D eigenvalue weighted by atomic mass is 19.1. The molecule has 1 aromatic heterocycles. The maximum atomic E-state index is 13.5. The zero-order chi connectivity index (χ0) is 15.1. The van der Waals surface area contributed by atoms with Crippen LogP contribution in [-0.4, -0.2) is 18.0 Å². The molecule has 4 nitrogen and oxygen atoms in total. The number of nitrogens with zero attached hydrogens (tertiary/aromatic N) is 2. The molecule has 21 heavy (non-hydrogen) atoms. The Kier molecular flexibility index (Phi) is 5.26. The summed E-state index contributed by atoms with van der Waals surface area (Å²) in [6.07, 6.45) is 1.57. The lowest BCUT2D eigenvalue weighted by Gasteiger charge is -2.12. The molecule has 0 saturated carbocycles. The van der Waals surface area contributed by atoms with Gasteiger partial charge in [-0.25, -0.2) is 4.39 Å². The van der Waals surface area contributed by atoms with Crippen molar-refractivity contribution < 1.29 is 4.39 Å². The molecule has 0 bridgehead atoms. The molecule has 0 aliphatic carbocycles. The molecule has 0 atom stereocenters. The van der Waals surface area contributed by atoms with Crippen LogP contribution in [0.3, 0.4) is 0 Å². The molecule has 2 aromatic rings. The van der Waals surface area contributed by atoms with Crippen molar-refractivity contribution in [3.8, 4) is 0 Å². The molecule has 5 heteroatoms. The fourth-order valence-electron chi connectivity index (χ4n) is 1.83. The molecule has 0 saturated heterocycles. The van der Waals surface area contributed by atoms with E-state index in [9.17, 15) is 4.39 Å². The fraction of sp³-hybridized carbons (Fsp3) is 0.250. The van der Waals surface area contributed by atoms with Gasteiger partial charge in [0.2, 0.25) is 0 Å². The van der Waals surface area contributed by atoms with E-state index in [1.807, 2.05) is 0 Å². The second kappa shape index (κ2) is 7.38. The summed E-state index contributed by atoms with van der Waals surface area (Å²) in [5.74, 6) is 0.291. The molecule has 1 aromatic carbocycles. The van der Waals surface area contributed by atoms with Crippen LogP contribution in [0.15, 0.2) is 47.6 Å². The van der Waals surface area contributed by atoms with Crippen molar-refractivity contribution in [1.29, 1.82) is 0 Å². The average molecular weight is 286 g/mol. The monoisotopic (exact) mass is 286 g/mol. The van der Waals surface area contributed by atoms with Crippen molar-refractivity contribution in [2.45, 2.75) is 20.0 Å². The maximum Gasteiger partial charge on any atom is 0.191 e. The molecule has 110 valence electrons. The van der Waals surface area contributed by atoms with Gasteiger partial charge in [0.05, 0.1) is 12.2 Å². The van der Waals surface area contributed by atoms with E-state index in [1.165, 1.54) is 11.6 Å². The minimum atomic E-state index is -0.320. The highest BCUT2D eigenvalue weighted by molar-refractivity contribution is 5.79. The first kappa shape index (κ1) is 15.0. The minimum Gasteiger partial charge on any atom is -0.352 e. The SMILES string of the molecule is CN=C(NCc1ccc(C)cc1)NCc1ncccc1F. The fourth-order valence-corrected chi connectivity index (χ4v) is 1.83. The molecule has 0 unspecified atom stereocenters. The predicted octanol–water partition coefficient (Wildman–Crippen LogP) is 2.39. The van der Waals surface area contributed by atoms with E-state index in [0.29, 0.717) is 24.7 Å². The van der Waals surface area contributed by atoms with Gasteiger partial charge in [0, 0.05) is 19.8 Å². The van der Waals surface area contributed by atoms with Gasteiger partial charge in [0.15, 0.2) is 5.96 Å². The summed E-state index contributed by atoms with van der Waals surface area (Å²) in [5.41, 5.74) is 2.76. The molecule has 0 amide bonds. The summed E-state index contributed by atoms with van der Waals surface area (Å²) in [4.78, 5) is 8.10. The highest BCUT2D eigenvalue weighted by Gasteiger charge is 2.04. The van der Waals surface area contributed by atoms with Crippen LogP contribution in [0.25, 0.3) is 0 Å². The second-order valence-electron chi connectivity index (χ2n) is 4.70. The Morgan fingerprint density at radius 1 is 1.14 bits per heavy atom. The highest BCUT2D eigenvalue weighted by Crippen LogP contribution is 2.03. The first-order valence-electron chi connectivity index (χ1n) is 6.78. The summed E-state index contributed by atoms with van der Waals surface area (Å²) in [6.45, 7) is 3.00. The number of hydrogen-bond donors (Lipinski definition) is 2. The molecular formula is C16H19FN4. The van der Waals surface area contributed by atoms with E-state index in [1.54, 1.807) is 19.3 Å². The van der Waals surface area contributed by atoms with Crippen LogP contribution in [0.4, 0.5) is 4.39 Å². The number of aromatic nitrogens is 1. The number of hydrogen-bond acceptors (Lipinski definition) is 2. The summed E-state index contributed by atoms with van der Waals surface area (Å²) < 4.78 is 13.5. The topological polar surface area (TPSA) is 49.3 Å². The normalized spacial score (nSPS) is 11.3. The van der Waals surface area contributed by atoms with Gasteiger partial charge in [0.25, 0.3) is 0 Å².